The van der Waals surface area contributed by atoms with Gasteiger partial charge in [-0.1, -0.05) is 37.9 Å². The largest absolute Gasteiger partial charge is 0.416 e. The van der Waals surface area contributed by atoms with Crippen LogP contribution in [-0.4, -0.2) is 10.7 Å². The van der Waals surface area contributed by atoms with Crippen molar-refractivity contribution in [3.05, 3.63) is 33.8 Å². The first-order chi connectivity index (χ1) is 7.71. The molecule has 0 spiro atoms. The molecule has 1 aromatic carbocycles. The number of carbonyl (C=O) groups excluding carboxylic acids is 1. The van der Waals surface area contributed by atoms with Gasteiger partial charge < -0.3 is 5.73 Å². The van der Waals surface area contributed by atoms with Gasteiger partial charge in [0.05, 0.1) is 10.4 Å². The fourth-order valence-electron chi connectivity index (χ4n) is 1.28. The van der Waals surface area contributed by atoms with Gasteiger partial charge in [0.25, 0.3) is 0 Å². The average Bonchev–Trinajstić information content (AvgIpc) is 2.18. The molecule has 2 N–H and O–H groups in total. The van der Waals surface area contributed by atoms with Crippen LogP contribution < -0.4 is 5.73 Å². The molecule has 0 heterocycles. The third-order valence-electron chi connectivity index (χ3n) is 2.09. The predicted molar refractivity (Wildman–Crippen MR) is 64.8 cm³/mol. The summed E-state index contributed by atoms with van der Waals surface area (Å²) < 4.78 is 38.5. The zero-order chi connectivity index (χ0) is 13.2. The second-order valence-corrected chi connectivity index (χ2v) is 5.39. The molecule has 1 atom stereocenters. The highest BCUT2D eigenvalue weighted by atomic mass is 79.9. The lowest BCUT2D eigenvalue weighted by Crippen LogP contribution is -2.26. The summed E-state index contributed by atoms with van der Waals surface area (Å²) in [6.45, 7) is 0. The van der Waals surface area contributed by atoms with E-state index in [1.54, 1.807) is 0 Å². The van der Waals surface area contributed by atoms with Crippen molar-refractivity contribution in [2.45, 2.75) is 17.4 Å². The number of rotatable bonds is 3. The number of nitrogens with two attached hydrogens (primary N) is 1. The second-order valence-electron chi connectivity index (χ2n) is 3.37. The van der Waals surface area contributed by atoms with E-state index in [1.165, 1.54) is 12.1 Å². The van der Waals surface area contributed by atoms with Gasteiger partial charge in [0.15, 0.2) is 0 Å². The zero-order valence-corrected chi connectivity index (χ0v) is 11.6. The molecule has 0 aliphatic rings. The van der Waals surface area contributed by atoms with Crippen molar-refractivity contribution in [2.24, 2.45) is 5.73 Å². The number of halogens is 5. The van der Waals surface area contributed by atoms with E-state index in [2.05, 4.69) is 31.9 Å². The zero-order valence-electron chi connectivity index (χ0n) is 8.39. The third-order valence-corrected chi connectivity index (χ3v) is 3.35. The van der Waals surface area contributed by atoms with Crippen LogP contribution in [0.1, 0.15) is 11.1 Å². The summed E-state index contributed by atoms with van der Waals surface area (Å²) >= 11 is 5.93. The van der Waals surface area contributed by atoms with Gasteiger partial charge >= 0.3 is 6.18 Å². The summed E-state index contributed by atoms with van der Waals surface area (Å²) in [5.74, 6) is -0.693. The number of carbonyl (C=O) groups is 1. The maximum absolute atomic E-state index is 12.7. The van der Waals surface area contributed by atoms with E-state index >= 15 is 0 Å². The lowest BCUT2D eigenvalue weighted by molar-refractivity contribution is -0.138. The van der Waals surface area contributed by atoms with E-state index in [-0.39, 0.29) is 12.0 Å². The van der Waals surface area contributed by atoms with Crippen molar-refractivity contribution in [1.82, 2.24) is 0 Å². The van der Waals surface area contributed by atoms with Gasteiger partial charge in [0, 0.05) is 4.47 Å². The molecule has 1 rings (SSSR count). The summed E-state index contributed by atoms with van der Waals surface area (Å²) in [4.78, 5) is 10.0. The molecule has 0 bridgehead atoms. The Kier molecular flexibility index (Phi) is 4.60. The molecule has 7 heteroatoms. The second kappa shape index (κ2) is 5.39. The van der Waals surface area contributed by atoms with Gasteiger partial charge in [-0.05, 0) is 24.1 Å². The normalized spacial score (nSPS) is 13.5. The summed E-state index contributed by atoms with van der Waals surface area (Å²) in [7, 11) is 0. The number of alkyl halides is 4. The molecule has 1 aromatic rings. The molecule has 0 saturated carbocycles. The number of hydrogen-bond donors (Lipinski definition) is 1. The fraction of sp³-hybridized carbons (Fsp3) is 0.300. The third kappa shape index (κ3) is 3.99. The summed E-state index contributed by atoms with van der Waals surface area (Å²) in [5.41, 5.74) is 4.26. The lowest BCUT2D eigenvalue weighted by Gasteiger charge is -2.14. The van der Waals surface area contributed by atoms with E-state index in [0.29, 0.717) is 4.47 Å². The van der Waals surface area contributed by atoms with Crippen LogP contribution >= 0.6 is 31.9 Å². The smallest absolute Gasteiger partial charge is 0.369 e. The quantitative estimate of drug-likeness (QED) is 0.811. The molecule has 1 unspecified atom stereocenters. The van der Waals surface area contributed by atoms with Crippen LogP contribution in [0.4, 0.5) is 13.2 Å². The monoisotopic (exact) mass is 373 g/mol. The molecule has 0 aliphatic carbocycles. The molecule has 0 fully saturated rings. The molecular formula is C10H8Br2F3NO. The van der Waals surface area contributed by atoms with Gasteiger partial charge in [-0.3, -0.25) is 4.79 Å². The van der Waals surface area contributed by atoms with E-state index in [1.807, 2.05) is 0 Å². The Hall–Kier alpha value is -0.560. The van der Waals surface area contributed by atoms with Crippen molar-refractivity contribution in [3.63, 3.8) is 0 Å². The highest BCUT2D eigenvalue weighted by Crippen LogP contribution is 2.34. The maximum atomic E-state index is 12.7. The number of hydrogen-bond acceptors (Lipinski definition) is 1. The van der Waals surface area contributed by atoms with E-state index in [0.717, 1.165) is 6.07 Å². The molecule has 0 radical (unpaired) electrons. The first-order valence-electron chi connectivity index (χ1n) is 4.51. The Balaban J connectivity index is 3.11. The van der Waals surface area contributed by atoms with Crippen LogP contribution in [0.3, 0.4) is 0 Å². The Morgan fingerprint density at radius 1 is 1.41 bits per heavy atom. The highest BCUT2D eigenvalue weighted by molar-refractivity contribution is 9.10. The number of amides is 1. The molecule has 0 aliphatic heterocycles. The van der Waals surface area contributed by atoms with Crippen LogP contribution in [0.5, 0.6) is 0 Å². The highest BCUT2D eigenvalue weighted by Gasteiger charge is 2.34. The minimum Gasteiger partial charge on any atom is -0.369 e. The SMILES string of the molecule is NC(=O)C(Br)Cc1ccc(Br)cc1C(F)(F)F. The summed E-state index contributed by atoms with van der Waals surface area (Å²) in [6, 6.07) is 3.80. The van der Waals surface area contributed by atoms with Gasteiger partial charge in [-0.15, -0.1) is 0 Å². The Morgan fingerprint density at radius 2 is 2.00 bits per heavy atom. The average molecular weight is 375 g/mol. The van der Waals surface area contributed by atoms with E-state index < -0.39 is 22.5 Å². The van der Waals surface area contributed by atoms with Crippen molar-refractivity contribution in [3.8, 4) is 0 Å². The van der Waals surface area contributed by atoms with Crippen LogP contribution in [0.2, 0.25) is 0 Å². The molecule has 0 aromatic heterocycles. The Bertz CT molecular complexity index is 434. The van der Waals surface area contributed by atoms with E-state index in [4.69, 9.17) is 5.73 Å². The molecule has 17 heavy (non-hydrogen) atoms. The van der Waals surface area contributed by atoms with Crippen LogP contribution in [0.25, 0.3) is 0 Å². The predicted octanol–water partition coefficient (Wildman–Crippen LogP) is 3.26. The van der Waals surface area contributed by atoms with Crippen molar-refractivity contribution in [2.75, 3.05) is 0 Å². The molecule has 1 amide bonds. The standard InChI is InChI=1S/C10H8Br2F3NO/c11-6-2-1-5(3-8(12)9(16)17)7(4-6)10(13,14)15/h1-2,4,8H,3H2,(H2,16,17). The summed E-state index contributed by atoms with van der Waals surface area (Å²) in [5, 5.41) is 0. The molecule has 2 nitrogen and oxygen atoms in total. The maximum Gasteiger partial charge on any atom is 0.416 e. The van der Waals surface area contributed by atoms with Crippen molar-refractivity contribution < 1.29 is 18.0 Å². The van der Waals surface area contributed by atoms with Gasteiger partial charge in [-0.2, -0.15) is 13.2 Å². The van der Waals surface area contributed by atoms with Crippen molar-refractivity contribution in [1.29, 1.82) is 0 Å². The Morgan fingerprint density at radius 3 is 2.47 bits per heavy atom. The molecule has 94 valence electrons. The van der Waals surface area contributed by atoms with Crippen molar-refractivity contribution >= 4 is 37.8 Å². The lowest BCUT2D eigenvalue weighted by atomic mass is 10.0. The van der Waals surface area contributed by atoms with Crippen LogP contribution in [0, 0.1) is 0 Å². The molecule has 0 saturated heterocycles. The summed E-state index contributed by atoms with van der Waals surface area (Å²) in [6.07, 6.45) is -4.55. The first-order valence-corrected chi connectivity index (χ1v) is 6.21. The Labute approximate surface area is 113 Å². The van der Waals surface area contributed by atoms with E-state index in [9.17, 15) is 18.0 Å². The van der Waals surface area contributed by atoms with Gasteiger partial charge in [-0.25, -0.2) is 0 Å². The van der Waals surface area contributed by atoms with Crippen LogP contribution in [0.15, 0.2) is 22.7 Å². The topological polar surface area (TPSA) is 43.1 Å². The van der Waals surface area contributed by atoms with Gasteiger partial charge in [0.2, 0.25) is 5.91 Å². The van der Waals surface area contributed by atoms with Gasteiger partial charge in [0.1, 0.15) is 0 Å². The number of benzene rings is 1. The first kappa shape index (κ1) is 14.5. The minimum atomic E-state index is -4.45. The number of primary amides is 1. The van der Waals surface area contributed by atoms with Crippen LogP contribution in [-0.2, 0) is 17.4 Å². The fourth-order valence-corrected chi connectivity index (χ4v) is 1.99. The molecular weight excluding hydrogens is 367 g/mol. The minimum absolute atomic E-state index is 0.0291.